The summed E-state index contributed by atoms with van der Waals surface area (Å²) in [6.45, 7) is 0.838. The Labute approximate surface area is 132 Å². The second kappa shape index (κ2) is 7.03. The minimum absolute atomic E-state index is 0.217. The van der Waals surface area contributed by atoms with Gasteiger partial charge in [-0.15, -0.1) is 0 Å². The van der Waals surface area contributed by atoms with Gasteiger partial charge in [0.2, 0.25) is 0 Å². The molecule has 0 atom stereocenters. The van der Waals surface area contributed by atoms with Crippen molar-refractivity contribution >= 4 is 21.6 Å². The molecule has 0 amide bonds. The molecule has 0 aliphatic heterocycles. The Balaban J connectivity index is 2.15. The van der Waals surface area contributed by atoms with Crippen LogP contribution in [0.5, 0.6) is 0 Å². The third-order valence-corrected chi connectivity index (χ3v) is 4.84. The first-order chi connectivity index (χ1) is 9.91. The summed E-state index contributed by atoms with van der Waals surface area (Å²) in [7, 11) is 1.89. The summed E-state index contributed by atoms with van der Waals surface area (Å²) in [6, 6.07) is 4.64. The topological polar surface area (TPSA) is 3.24 Å². The van der Waals surface area contributed by atoms with E-state index in [1.165, 1.54) is 38.2 Å². The van der Waals surface area contributed by atoms with E-state index < -0.39 is 11.7 Å². The van der Waals surface area contributed by atoms with E-state index in [1.807, 2.05) is 11.9 Å². The third-order valence-electron chi connectivity index (χ3n) is 4.24. The average molecular weight is 364 g/mol. The fourth-order valence-electron chi connectivity index (χ4n) is 3.04. The molecule has 0 N–H and O–H groups in total. The monoisotopic (exact) mass is 363 g/mol. The van der Waals surface area contributed by atoms with Gasteiger partial charge in [0.1, 0.15) is 0 Å². The fourth-order valence-corrected chi connectivity index (χ4v) is 3.53. The number of hydrogen-bond acceptors (Lipinski definition) is 1. The molecule has 118 valence electrons. The van der Waals surface area contributed by atoms with Crippen molar-refractivity contribution in [2.75, 3.05) is 18.5 Å². The molecular formula is C16H21BrF3N. The molecule has 1 aromatic rings. The Morgan fingerprint density at radius 2 is 1.86 bits per heavy atom. The Morgan fingerprint density at radius 3 is 2.43 bits per heavy atom. The van der Waals surface area contributed by atoms with Gasteiger partial charge in [0.15, 0.2) is 0 Å². The molecule has 5 heteroatoms. The first-order valence-corrected chi connectivity index (χ1v) is 8.51. The van der Waals surface area contributed by atoms with Crippen LogP contribution in [0.1, 0.15) is 43.2 Å². The van der Waals surface area contributed by atoms with Gasteiger partial charge in [-0.3, -0.25) is 0 Å². The Hall–Kier alpha value is -0.710. The second-order valence-corrected chi connectivity index (χ2v) is 6.42. The van der Waals surface area contributed by atoms with Crippen LogP contribution in [0.15, 0.2) is 18.2 Å². The van der Waals surface area contributed by atoms with Gasteiger partial charge >= 0.3 is 6.18 Å². The van der Waals surface area contributed by atoms with Crippen LogP contribution in [-0.4, -0.2) is 13.6 Å². The van der Waals surface area contributed by atoms with Crippen molar-refractivity contribution in [3.63, 3.8) is 0 Å². The van der Waals surface area contributed by atoms with E-state index in [0.717, 1.165) is 6.54 Å². The maximum atomic E-state index is 13.1. The minimum atomic E-state index is -4.30. The van der Waals surface area contributed by atoms with Gasteiger partial charge in [0.05, 0.1) is 5.56 Å². The van der Waals surface area contributed by atoms with E-state index in [9.17, 15) is 13.2 Å². The summed E-state index contributed by atoms with van der Waals surface area (Å²) in [5, 5.41) is 0.217. The van der Waals surface area contributed by atoms with Crippen molar-refractivity contribution in [1.82, 2.24) is 0 Å². The fraction of sp³-hybridized carbons (Fsp3) is 0.625. The highest BCUT2D eigenvalue weighted by Crippen LogP contribution is 2.36. The highest BCUT2D eigenvalue weighted by molar-refractivity contribution is 9.08. The van der Waals surface area contributed by atoms with Crippen molar-refractivity contribution in [2.24, 2.45) is 5.92 Å². The molecule has 0 unspecified atom stereocenters. The highest BCUT2D eigenvalue weighted by Gasteiger charge is 2.33. The number of nitrogens with zero attached hydrogens (tertiary/aromatic N) is 1. The number of rotatable bonds is 4. The second-order valence-electron chi connectivity index (χ2n) is 5.86. The normalized spacial score (nSPS) is 17.0. The molecule has 1 fully saturated rings. The predicted molar refractivity (Wildman–Crippen MR) is 83.9 cm³/mol. The van der Waals surface area contributed by atoms with Crippen molar-refractivity contribution in [3.05, 3.63) is 29.3 Å². The minimum Gasteiger partial charge on any atom is -0.374 e. The highest BCUT2D eigenvalue weighted by atomic mass is 79.9. The molecule has 1 aromatic carbocycles. The SMILES string of the molecule is CN(CC1CCCCC1)c1ccc(CBr)c(C(F)(F)F)c1. The number of anilines is 1. The zero-order chi connectivity index (χ0) is 15.5. The lowest BCUT2D eigenvalue weighted by Gasteiger charge is -2.29. The van der Waals surface area contributed by atoms with Crippen LogP contribution in [0.25, 0.3) is 0 Å². The standard InChI is InChI=1S/C16H21BrF3N/c1-21(11-12-5-3-2-4-6-12)14-8-7-13(10-17)15(9-14)16(18,19)20/h7-9,12H,2-6,10-11H2,1H3. The lowest BCUT2D eigenvalue weighted by atomic mass is 9.89. The van der Waals surface area contributed by atoms with Crippen molar-refractivity contribution in [2.45, 2.75) is 43.6 Å². The average Bonchev–Trinajstić information content (AvgIpc) is 2.46. The largest absolute Gasteiger partial charge is 0.416 e. The molecule has 0 bridgehead atoms. The zero-order valence-corrected chi connectivity index (χ0v) is 13.8. The van der Waals surface area contributed by atoms with Gasteiger partial charge in [-0.05, 0) is 36.5 Å². The van der Waals surface area contributed by atoms with Crippen LogP contribution < -0.4 is 4.90 Å². The molecule has 1 aliphatic rings. The number of halogens is 4. The molecule has 1 nitrogen and oxygen atoms in total. The lowest BCUT2D eigenvalue weighted by Crippen LogP contribution is -2.27. The summed E-state index contributed by atoms with van der Waals surface area (Å²) in [4.78, 5) is 1.96. The Morgan fingerprint density at radius 1 is 1.19 bits per heavy atom. The summed E-state index contributed by atoms with van der Waals surface area (Å²) < 4.78 is 39.3. The molecular weight excluding hydrogens is 343 g/mol. The van der Waals surface area contributed by atoms with Gasteiger partial charge in [-0.2, -0.15) is 13.2 Å². The summed E-state index contributed by atoms with van der Waals surface area (Å²) in [5.74, 6) is 0.605. The molecule has 0 saturated heterocycles. The first-order valence-electron chi connectivity index (χ1n) is 7.39. The quantitative estimate of drug-likeness (QED) is 0.627. The van der Waals surface area contributed by atoms with Crippen molar-refractivity contribution < 1.29 is 13.2 Å². The number of hydrogen-bond donors (Lipinski definition) is 0. The number of alkyl halides is 4. The van der Waals surface area contributed by atoms with Gasteiger partial charge in [0, 0.05) is 24.6 Å². The van der Waals surface area contributed by atoms with Gasteiger partial charge in [0.25, 0.3) is 0 Å². The van der Waals surface area contributed by atoms with Crippen LogP contribution in [0, 0.1) is 5.92 Å². The smallest absolute Gasteiger partial charge is 0.374 e. The lowest BCUT2D eigenvalue weighted by molar-refractivity contribution is -0.138. The third kappa shape index (κ3) is 4.38. The maximum Gasteiger partial charge on any atom is 0.416 e. The number of benzene rings is 1. The summed E-state index contributed by atoms with van der Waals surface area (Å²) >= 11 is 3.13. The Kier molecular flexibility index (Phi) is 5.58. The molecule has 21 heavy (non-hydrogen) atoms. The van der Waals surface area contributed by atoms with E-state index in [1.54, 1.807) is 12.1 Å². The molecule has 0 radical (unpaired) electrons. The van der Waals surface area contributed by atoms with E-state index in [2.05, 4.69) is 15.9 Å². The Bertz CT molecular complexity index is 467. The summed E-state index contributed by atoms with van der Waals surface area (Å²) in [6.07, 6.45) is 1.86. The maximum absolute atomic E-state index is 13.1. The van der Waals surface area contributed by atoms with Crippen molar-refractivity contribution in [1.29, 1.82) is 0 Å². The molecule has 1 saturated carbocycles. The van der Waals surface area contributed by atoms with Crippen LogP contribution >= 0.6 is 15.9 Å². The van der Waals surface area contributed by atoms with Gasteiger partial charge in [-0.1, -0.05) is 41.3 Å². The zero-order valence-electron chi connectivity index (χ0n) is 12.2. The van der Waals surface area contributed by atoms with E-state index in [4.69, 9.17) is 0 Å². The van der Waals surface area contributed by atoms with E-state index in [0.29, 0.717) is 11.6 Å². The van der Waals surface area contributed by atoms with E-state index in [-0.39, 0.29) is 10.9 Å². The van der Waals surface area contributed by atoms with Gasteiger partial charge in [-0.25, -0.2) is 0 Å². The molecule has 0 aromatic heterocycles. The van der Waals surface area contributed by atoms with Crippen molar-refractivity contribution in [3.8, 4) is 0 Å². The predicted octanol–water partition coefficient (Wildman–Crippen LogP) is 5.62. The van der Waals surface area contributed by atoms with E-state index >= 15 is 0 Å². The molecule has 0 heterocycles. The van der Waals surface area contributed by atoms with Crippen LogP contribution in [-0.2, 0) is 11.5 Å². The first kappa shape index (κ1) is 16.7. The molecule has 2 rings (SSSR count). The van der Waals surface area contributed by atoms with Crippen LogP contribution in [0.4, 0.5) is 18.9 Å². The molecule has 1 aliphatic carbocycles. The van der Waals surface area contributed by atoms with Gasteiger partial charge < -0.3 is 4.90 Å². The molecule has 0 spiro atoms. The van der Waals surface area contributed by atoms with Crippen LogP contribution in [0.2, 0.25) is 0 Å². The summed E-state index contributed by atoms with van der Waals surface area (Å²) in [5.41, 5.74) is 0.405. The van der Waals surface area contributed by atoms with Crippen LogP contribution in [0.3, 0.4) is 0 Å².